The van der Waals surface area contributed by atoms with Crippen LogP contribution < -0.4 is 16.0 Å². The van der Waals surface area contributed by atoms with Crippen molar-refractivity contribution in [1.29, 1.82) is 0 Å². The molecule has 2 aliphatic rings. The number of aromatic amines is 1. The van der Waals surface area contributed by atoms with Gasteiger partial charge in [0.25, 0.3) is 5.91 Å². The Morgan fingerprint density at radius 3 is 2.71 bits per heavy atom. The van der Waals surface area contributed by atoms with Crippen LogP contribution in [-0.2, 0) is 10.9 Å². The quantitative estimate of drug-likeness (QED) is 0.572. The van der Waals surface area contributed by atoms with E-state index in [1.807, 2.05) is 0 Å². The number of alkyl halides is 3. The number of rotatable bonds is 5. The summed E-state index contributed by atoms with van der Waals surface area (Å²) < 4.78 is 46.0. The number of nitrogens with zero attached hydrogens (tertiary/aromatic N) is 2. The maximum atomic E-state index is 13.6. The van der Waals surface area contributed by atoms with Gasteiger partial charge >= 0.3 is 6.18 Å². The summed E-state index contributed by atoms with van der Waals surface area (Å²) in [6.07, 6.45) is 0.783. The van der Waals surface area contributed by atoms with Crippen LogP contribution in [0.2, 0.25) is 0 Å². The molecule has 2 aliphatic heterocycles. The van der Waals surface area contributed by atoms with Gasteiger partial charge in [0.15, 0.2) is 0 Å². The molecule has 0 aromatic carbocycles. The zero-order valence-electron chi connectivity index (χ0n) is 16.9. The topological polar surface area (TPSA) is 104 Å². The van der Waals surface area contributed by atoms with Crippen LogP contribution in [0.1, 0.15) is 41.7 Å². The molecule has 4 N–H and O–H groups in total. The lowest BCUT2D eigenvalue weighted by Gasteiger charge is -2.24. The van der Waals surface area contributed by atoms with Gasteiger partial charge in [-0.15, -0.1) is 0 Å². The Hall–Kier alpha value is -2.66. The lowest BCUT2D eigenvalue weighted by atomic mass is 10.1. The summed E-state index contributed by atoms with van der Waals surface area (Å²) in [5.41, 5.74) is -0.860. The van der Waals surface area contributed by atoms with Gasteiger partial charge < -0.3 is 25.7 Å². The molecule has 0 saturated carbocycles. The monoisotopic (exact) mass is 438 g/mol. The van der Waals surface area contributed by atoms with E-state index in [1.165, 1.54) is 12.3 Å². The first-order valence-electron chi connectivity index (χ1n) is 10.4. The van der Waals surface area contributed by atoms with Crippen molar-refractivity contribution in [3.05, 3.63) is 29.7 Å². The number of ether oxygens (including phenoxy) is 1. The van der Waals surface area contributed by atoms with Gasteiger partial charge in [0.2, 0.25) is 5.95 Å². The summed E-state index contributed by atoms with van der Waals surface area (Å²) in [6, 6.07) is 1.42. The van der Waals surface area contributed by atoms with Crippen LogP contribution in [0.3, 0.4) is 0 Å². The number of aromatic nitrogens is 3. The van der Waals surface area contributed by atoms with Gasteiger partial charge in [-0.1, -0.05) is 0 Å². The summed E-state index contributed by atoms with van der Waals surface area (Å²) in [5, 5.41) is 9.22. The van der Waals surface area contributed by atoms with Crippen LogP contribution in [0, 0.1) is 0 Å². The number of hydrogen-bond acceptors (Lipinski definition) is 6. The molecule has 1 atom stereocenters. The van der Waals surface area contributed by atoms with E-state index in [0.29, 0.717) is 32.6 Å². The number of hydrogen-bond donors (Lipinski definition) is 4. The zero-order valence-corrected chi connectivity index (χ0v) is 16.9. The summed E-state index contributed by atoms with van der Waals surface area (Å²) >= 11 is 0. The van der Waals surface area contributed by atoms with Gasteiger partial charge in [-0.2, -0.15) is 13.2 Å². The zero-order chi connectivity index (χ0) is 21.8. The average molecular weight is 438 g/mol. The molecule has 1 unspecified atom stereocenters. The largest absolute Gasteiger partial charge is 0.419 e. The predicted octanol–water partition coefficient (Wildman–Crippen LogP) is 2.56. The fourth-order valence-corrected chi connectivity index (χ4v) is 3.80. The molecule has 4 heterocycles. The molecule has 168 valence electrons. The Kier molecular flexibility index (Phi) is 6.42. The third-order valence-corrected chi connectivity index (χ3v) is 5.48. The molecule has 31 heavy (non-hydrogen) atoms. The van der Waals surface area contributed by atoms with E-state index in [-0.39, 0.29) is 40.9 Å². The molecule has 0 bridgehead atoms. The van der Waals surface area contributed by atoms with E-state index in [9.17, 15) is 18.0 Å². The fourth-order valence-electron chi connectivity index (χ4n) is 3.80. The fraction of sp³-hybridized carbons (Fsp3) is 0.550. The van der Waals surface area contributed by atoms with Gasteiger partial charge in [0.05, 0.1) is 5.69 Å². The lowest BCUT2D eigenvalue weighted by Crippen LogP contribution is -2.39. The summed E-state index contributed by atoms with van der Waals surface area (Å²) in [7, 11) is 0. The van der Waals surface area contributed by atoms with E-state index in [0.717, 1.165) is 25.6 Å². The van der Waals surface area contributed by atoms with Crippen molar-refractivity contribution in [2.45, 2.75) is 43.9 Å². The van der Waals surface area contributed by atoms with Gasteiger partial charge in [-0.05, 0) is 38.3 Å². The van der Waals surface area contributed by atoms with Crippen LogP contribution >= 0.6 is 0 Å². The standard InChI is InChI=1S/C20H25F3N6O2/c21-20(22,23)15-11-26-19(28-14-2-1-5-24-10-14)29-17(15)12-8-16(25-9-12)18(30)27-13-3-6-31-7-4-13/h8-9,11,13-14,24-25H,1-7,10H2,(H,27,30)(H,26,28,29). The number of halogens is 3. The normalized spacial score (nSPS) is 20.4. The maximum absolute atomic E-state index is 13.6. The Morgan fingerprint density at radius 1 is 1.19 bits per heavy atom. The van der Waals surface area contributed by atoms with E-state index >= 15 is 0 Å². The highest BCUT2D eigenvalue weighted by Gasteiger charge is 2.36. The van der Waals surface area contributed by atoms with Crippen molar-refractivity contribution in [1.82, 2.24) is 25.6 Å². The molecular formula is C20H25F3N6O2. The smallest absolute Gasteiger partial charge is 0.381 e. The first kappa shape index (κ1) is 21.6. The second kappa shape index (κ2) is 9.23. The van der Waals surface area contributed by atoms with Gasteiger partial charge in [-0.3, -0.25) is 4.79 Å². The number of carbonyl (C=O) groups is 1. The molecule has 2 fully saturated rings. The molecule has 2 aromatic heterocycles. The van der Waals surface area contributed by atoms with Crippen molar-refractivity contribution in [3.8, 4) is 11.3 Å². The third-order valence-electron chi connectivity index (χ3n) is 5.48. The summed E-state index contributed by atoms with van der Waals surface area (Å²) in [6.45, 7) is 2.76. The van der Waals surface area contributed by atoms with Crippen molar-refractivity contribution < 1.29 is 22.7 Å². The highest BCUT2D eigenvalue weighted by molar-refractivity contribution is 5.94. The number of piperidine rings is 1. The minimum Gasteiger partial charge on any atom is -0.381 e. The maximum Gasteiger partial charge on any atom is 0.419 e. The molecule has 0 aliphatic carbocycles. The Bertz CT molecular complexity index is 905. The summed E-state index contributed by atoms with van der Waals surface area (Å²) in [4.78, 5) is 23.3. The number of anilines is 1. The van der Waals surface area contributed by atoms with Gasteiger partial charge in [0.1, 0.15) is 11.3 Å². The third kappa shape index (κ3) is 5.34. The van der Waals surface area contributed by atoms with Crippen LogP contribution in [0.5, 0.6) is 0 Å². The minimum absolute atomic E-state index is 0.0160. The Balaban J connectivity index is 1.56. The Labute approximate surface area is 177 Å². The molecular weight excluding hydrogens is 413 g/mol. The molecule has 2 saturated heterocycles. The van der Waals surface area contributed by atoms with Crippen molar-refractivity contribution in [2.75, 3.05) is 31.6 Å². The van der Waals surface area contributed by atoms with Gasteiger partial charge in [-0.25, -0.2) is 9.97 Å². The number of carbonyl (C=O) groups excluding carboxylic acids is 1. The Morgan fingerprint density at radius 2 is 2.00 bits per heavy atom. The molecule has 11 heteroatoms. The van der Waals surface area contributed by atoms with E-state index in [1.54, 1.807) is 0 Å². The highest BCUT2D eigenvalue weighted by atomic mass is 19.4. The van der Waals surface area contributed by atoms with Crippen molar-refractivity contribution >= 4 is 11.9 Å². The van der Waals surface area contributed by atoms with Gasteiger partial charge in [0, 0.05) is 49.8 Å². The summed E-state index contributed by atoms with van der Waals surface area (Å²) in [5.74, 6) is -0.237. The van der Waals surface area contributed by atoms with Crippen LogP contribution in [0.15, 0.2) is 18.5 Å². The predicted molar refractivity (Wildman–Crippen MR) is 108 cm³/mol. The average Bonchev–Trinajstić information content (AvgIpc) is 3.25. The number of H-pyrrole nitrogens is 1. The lowest BCUT2D eigenvalue weighted by molar-refractivity contribution is -0.137. The van der Waals surface area contributed by atoms with E-state index < -0.39 is 11.7 Å². The first-order chi connectivity index (χ1) is 14.9. The second-order valence-electron chi connectivity index (χ2n) is 7.80. The molecule has 8 nitrogen and oxygen atoms in total. The van der Waals surface area contributed by atoms with Crippen molar-refractivity contribution in [3.63, 3.8) is 0 Å². The van der Waals surface area contributed by atoms with E-state index in [2.05, 4.69) is 30.9 Å². The first-order valence-corrected chi connectivity index (χ1v) is 10.4. The molecule has 1 amide bonds. The van der Waals surface area contributed by atoms with E-state index in [4.69, 9.17) is 4.74 Å². The highest BCUT2D eigenvalue weighted by Crippen LogP contribution is 2.36. The SMILES string of the molecule is O=C(NC1CCOCC1)c1cc(-c2nc(NC3CCCNC3)ncc2C(F)(F)F)c[nH]1. The van der Waals surface area contributed by atoms with Crippen molar-refractivity contribution in [2.24, 2.45) is 0 Å². The molecule has 0 radical (unpaired) electrons. The van der Waals surface area contributed by atoms with Crippen LogP contribution in [0.25, 0.3) is 11.3 Å². The van der Waals surface area contributed by atoms with Crippen LogP contribution in [0.4, 0.5) is 19.1 Å². The molecule has 0 spiro atoms. The number of nitrogens with one attached hydrogen (secondary N) is 4. The minimum atomic E-state index is -4.62. The molecule has 4 rings (SSSR count). The molecule has 2 aromatic rings. The number of amides is 1. The van der Waals surface area contributed by atoms with Crippen LogP contribution in [-0.4, -0.2) is 59.2 Å². The second-order valence-corrected chi connectivity index (χ2v) is 7.80.